The van der Waals surface area contributed by atoms with Crippen LogP contribution in [0, 0.1) is 6.92 Å². The Morgan fingerprint density at radius 3 is 2.61 bits per heavy atom. The molecule has 1 unspecified atom stereocenters. The molecule has 0 amide bonds. The van der Waals surface area contributed by atoms with Crippen molar-refractivity contribution in [2.45, 2.75) is 25.8 Å². The smallest absolute Gasteiger partial charge is 0.146 e. The molecule has 2 heterocycles. The van der Waals surface area contributed by atoms with E-state index in [9.17, 15) is 0 Å². The summed E-state index contributed by atoms with van der Waals surface area (Å²) in [6.45, 7) is 1.96. The average Bonchev–Trinajstić information content (AvgIpc) is 2.78. The van der Waals surface area contributed by atoms with Crippen molar-refractivity contribution in [1.82, 2.24) is 25.2 Å². The van der Waals surface area contributed by atoms with Crippen molar-refractivity contribution >= 4 is 0 Å². The highest BCUT2D eigenvalue weighted by Gasteiger charge is 2.12. The highest BCUT2D eigenvalue weighted by atomic mass is 15.2. The lowest BCUT2D eigenvalue weighted by atomic mass is 10.1. The number of hydrazine groups is 1. The number of rotatable bonds is 5. The quantitative estimate of drug-likeness (QED) is 0.598. The Bertz CT molecular complexity index is 490. The van der Waals surface area contributed by atoms with Gasteiger partial charge in [0.05, 0.1) is 12.2 Å². The van der Waals surface area contributed by atoms with Crippen LogP contribution in [0.2, 0.25) is 0 Å². The lowest BCUT2D eigenvalue weighted by Crippen LogP contribution is -2.29. The first-order chi connectivity index (χ1) is 8.69. The van der Waals surface area contributed by atoms with Crippen LogP contribution >= 0.6 is 0 Å². The molecule has 0 bridgehead atoms. The molecular formula is C12H18N6. The van der Waals surface area contributed by atoms with E-state index in [4.69, 9.17) is 5.84 Å². The highest BCUT2D eigenvalue weighted by Crippen LogP contribution is 2.14. The fraction of sp³-hybridized carbons (Fsp3) is 0.417. The SMILES string of the molecule is Cc1cnc(C(CCc2cnn(C)c2)NN)nc1. The fourth-order valence-corrected chi connectivity index (χ4v) is 1.78. The Kier molecular flexibility index (Phi) is 4.01. The summed E-state index contributed by atoms with van der Waals surface area (Å²) in [5, 5.41) is 4.14. The maximum Gasteiger partial charge on any atom is 0.146 e. The Balaban J connectivity index is 1.99. The fourth-order valence-electron chi connectivity index (χ4n) is 1.78. The molecule has 0 saturated heterocycles. The molecule has 0 aromatic carbocycles. The van der Waals surface area contributed by atoms with E-state index in [1.807, 2.05) is 26.4 Å². The highest BCUT2D eigenvalue weighted by molar-refractivity contribution is 5.07. The summed E-state index contributed by atoms with van der Waals surface area (Å²) in [5.74, 6) is 6.29. The number of nitrogens with two attached hydrogens (primary N) is 1. The van der Waals surface area contributed by atoms with Gasteiger partial charge in [0.2, 0.25) is 0 Å². The molecular weight excluding hydrogens is 228 g/mol. The molecule has 0 saturated carbocycles. The predicted octanol–water partition coefficient (Wildman–Crippen LogP) is 0.656. The molecule has 1 atom stereocenters. The van der Waals surface area contributed by atoms with Crippen LogP contribution in [-0.2, 0) is 13.5 Å². The van der Waals surface area contributed by atoms with E-state index >= 15 is 0 Å². The molecule has 6 heteroatoms. The van der Waals surface area contributed by atoms with Crippen molar-refractivity contribution in [3.8, 4) is 0 Å². The first kappa shape index (κ1) is 12.7. The monoisotopic (exact) mass is 246 g/mol. The van der Waals surface area contributed by atoms with Gasteiger partial charge in [0.1, 0.15) is 5.82 Å². The summed E-state index contributed by atoms with van der Waals surface area (Å²) in [5.41, 5.74) is 4.99. The summed E-state index contributed by atoms with van der Waals surface area (Å²) < 4.78 is 1.79. The number of nitrogens with one attached hydrogen (secondary N) is 1. The van der Waals surface area contributed by atoms with Crippen molar-refractivity contribution in [2.75, 3.05) is 0 Å². The number of aryl methyl sites for hydroxylation is 3. The van der Waals surface area contributed by atoms with Gasteiger partial charge in [-0.15, -0.1) is 0 Å². The Morgan fingerprint density at radius 2 is 2.06 bits per heavy atom. The molecule has 0 aliphatic heterocycles. The topological polar surface area (TPSA) is 81.7 Å². The van der Waals surface area contributed by atoms with E-state index in [2.05, 4.69) is 20.5 Å². The number of aromatic nitrogens is 4. The Hall–Kier alpha value is -1.79. The van der Waals surface area contributed by atoms with E-state index in [-0.39, 0.29) is 6.04 Å². The zero-order valence-corrected chi connectivity index (χ0v) is 10.7. The molecule has 3 N–H and O–H groups in total. The average molecular weight is 246 g/mol. The molecule has 2 rings (SSSR count). The lowest BCUT2D eigenvalue weighted by Gasteiger charge is -2.13. The molecule has 0 spiro atoms. The summed E-state index contributed by atoms with van der Waals surface area (Å²) in [6, 6.07) is -0.0363. The minimum absolute atomic E-state index is 0.0363. The molecule has 18 heavy (non-hydrogen) atoms. The normalized spacial score (nSPS) is 12.6. The van der Waals surface area contributed by atoms with Gasteiger partial charge in [0.15, 0.2) is 0 Å². The van der Waals surface area contributed by atoms with Gasteiger partial charge in [-0.05, 0) is 30.9 Å². The van der Waals surface area contributed by atoms with E-state index in [1.165, 1.54) is 5.56 Å². The zero-order valence-electron chi connectivity index (χ0n) is 10.7. The van der Waals surface area contributed by atoms with Crippen molar-refractivity contribution in [1.29, 1.82) is 0 Å². The second-order valence-corrected chi connectivity index (χ2v) is 4.40. The largest absolute Gasteiger partial charge is 0.276 e. The molecule has 0 radical (unpaired) electrons. The first-order valence-corrected chi connectivity index (χ1v) is 5.91. The minimum Gasteiger partial charge on any atom is -0.276 e. The third-order valence-corrected chi connectivity index (χ3v) is 2.79. The summed E-state index contributed by atoms with van der Waals surface area (Å²) >= 11 is 0. The van der Waals surface area contributed by atoms with Gasteiger partial charge in [-0.3, -0.25) is 10.5 Å². The Labute approximate surface area is 106 Å². The van der Waals surface area contributed by atoms with Gasteiger partial charge in [-0.1, -0.05) is 0 Å². The maximum absolute atomic E-state index is 5.56. The van der Waals surface area contributed by atoms with Crippen LogP contribution in [0.25, 0.3) is 0 Å². The van der Waals surface area contributed by atoms with Crippen LogP contribution < -0.4 is 11.3 Å². The van der Waals surface area contributed by atoms with Crippen LogP contribution in [-0.4, -0.2) is 19.7 Å². The molecule has 2 aromatic heterocycles. The first-order valence-electron chi connectivity index (χ1n) is 5.91. The molecule has 96 valence electrons. The zero-order chi connectivity index (χ0) is 13.0. The van der Waals surface area contributed by atoms with E-state index in [0.29, 0.717) is 0 Å². The predicted molar refractivity (Wildman–Crippen MR) is 68.4 cm³/mol. The van der Waals surface area contributed by atoms with Crippen LogP contribution in [0.1, 0.15) is 29.4 Å². The van der Waals surface area contributed by atoms with Crippen molar-refractivity contribution in [3.63, 3.8) is 0 Å². The van der Waals surface area contributed by atoms with Gasteiger partial charge in [0, 0.05) is 25.6 Å². The third-order valence-electron chi connectivity index (χ3n) is 2.79. The summed E-state index contributed by atoms with van der Waals surface area (Å²) in [4.78, 5) is 8.58. The lowest BCUT2D eigenvalue weighted by molar-refractivity contribution is 0.490. The van der Waals surface area contributed by atoms with E-state index in [1.54, 1.807) is 17.1 Å². The molecule has 0 aliphatic rings. The van der Waals surface area contributed by atoms with Crippen LogP contribution in [0.3, 0.4) is 0 Å². The number of hydrogen-bond donors (Lipinski definition) is 2. The summed E-state index contributed by atoms with van der Waals surface area (Å²) in [6.07, 6.45) is 9.20. The second kappa shape index (κ2) is 5.70. The number of hydrogen-bond acceptors (Lipinski definition) is 5. The molecule has 2 aromatic rings. The van der Waals surface area contributed by atoms with E-state index < -0.39 is 0 Å². The van der Waals surface area contributed by atoms with Crippen molar-refractivity contribution in [2.24, 2.45) is 12.9 Å². The Morgan fingerprint density at radius 1 is 1.33 bits per heavy atom. The minimum atomic E-state index is -0.0363. The second-order valence-electron chi connectivity index (χ2n) is 4.40. The van der Waals surface area contributed by atoms with Gasteiger partial charge >= 0.3 is 0 Å². The van der Waals surface area contributed by atoms with Gasteiger partial charge in [0.25, 0.3) is 0 Å². The summed E-state index contributed by atoms with van der Waals surface area (Å²) in [7, 11) is 1.91. The van der Waals surface area contributed by atoms with Gasteiger partial charge in [-0.2, -0.15) is 5.10 Å². The van der Waals surface area contributed by atoms with Gasteiger partial charge < -0.3 is 0 Å². The standard InChI is InChI=1S/C12H18N6/c1-9-5-14-12(15-6-9)11(17-13)4-3-10-7-16-18(2)8-10/h5-8,11,17H,3-4,13H2,1-2H3. The molecule has 6 nitrogen and oxygen atoms in total. The van der Waals surface area contributed by atoms with E-state index in [0.717, 1.165) is 24.2 Å². The van der Waals surface area contributed by atoms with Crippen molar-refractivity contribution < 1.29 is 0 Å². The van der Waals surface area contributed by atoms with Gasteiger partial charge in [-0.25, -0.2) is 15.4 Å². The van der Waals surface area contributed by atoms with Crippen LogP contribution in [0.15, 0.2) is 24.8 Å². The van der Waals surface area contributed by atoms with Crippen LogP contribution in [0.4, 0.5) is 0 Å². The third kappa shape index (κ3) is 3.12. The van der Waals surface area contributed by atoms with Crippen molar-refractivity contribution in [3.05, 3.63) is 41.7 Å². The number of nitrogens with zero attached hydrogens (tertiary/aromatic N) is 4. The maximum atomic E-state index is 5.56. The molecule has 0 aliphatic carbocycles. The van der Waals surface area contributed by atoms with Crippen LogP contribution in [0.5, 0.6) is 0 Å². The molecule has 0 fully saturated rings.